The van der Waals surface area contributed by atoms with Gasteiger partial charge in [0.1, 0.15) is 5.69 Å². The lowest BCUT2D eigenvalue weighted by Crippen LogP contribution is -2.37. The molecule has 1 aliphatic rings. The number of H-pyrrole nitrogens is 1. The van der Waals surface area contributed by atoms with E-state index in [1.54, 1.807) is 4.90 Å². The standard InChI is InChI=1S/C14H15BrN2O2/c15-11-4-1-5-12-10(11)7-13(16-12)14(19)17-6-2-3-9(17)8-18/h1,4-5,7,9,16,18H,2-3,6,8H2/t9-/m1/s1. The van der Waals surface area contributed by atoms with Crippen LogP contribution in [0.15, 0.2) is 28.7 Å². The Kier molecular flexibility index (Phi) is 3.33. The van der Waals surface area contributed by atoms with Crippen LogP contribution in [0.25, 0.3) is 10.9 Å². The van der Waals surface area contributed by atoms with E-state index >= 15 is 0 Å². The van der Waals surface area contributed by atoms with Crippen molar-refractivity contribution in [1.82, 2.24) is 9.88 Å². The maximum Gasteiger partial charge on any atom is 0.270 e. The van der Waals surface area contributed by atoms with Gasteiger partial charge < -0.3 is 15.0 Å². The highest BCUT2D eigenvalue weighted by Gasteiger charge is 2.29. The molecule has 1 aliphatic heterocycles. The molecule has 0 radical (unpaired) electrons. The summed E-state index contributed by atoms with van der Waals surface area (Å²) in [5, 5.41) is 10.3. The Bertz CT molecular complexity index is 623. The number of aliphatic hydroxyl groups excluding tert-OH is 1. The SMILES string of the molecule is O=C(c1cc2c(Br)cccc2[nH]1)N1CCC[C@@H]1CO. The lowest BCUT2D eigenvalue weighted by molar-refractivity contribution is 0.0672. The fourth-order valence-electron chi connectivity index (χ4n) is 2.68. The normalized spacial score (nSPS) is 19.3. The van der Waals surface area contributed by atoms with Crippen molar-refractivity contribution in [2.24, 2.45) is 0 Å². The summed E-state index contributed by atoms with van der Waals surface area (Å²) in [4.78, 5) is 17.4. The van der Waals surface area contributed by atoms with Gasteiger partial charge in [-0.2, -0.15) is 0 Å². The minimum absolute atomic E-state index is 0.0281. The second-order valence-corrected chi connectivity index (χ2v) is 5.72. The number of benzene rings is 1. The largest absolute Gasteiger partial charge is 0.394 e. The molecule has 1 saturated heterocycles. The minimum Gasteiger partial charge on any atom is -0.394 e. The first-order valence-electron chi connectivity index (χ1n) is 6.40. The highest BCUT2D eigenvalue weighted by molar-refractivity contribution is 9.10. The number of hydrogen-bond acceptors (Lipinski definition) is 2. The molecule has 2 aromatic rings. The summed E-state index contributed by atoms with van der Waals surface area (Å²) in [5.41, 5.74) is 1.53. The monoisotopic (exact) mass is 322 g/mol. The molecule has 1 atom stereocenters. The van der Waals surface area contributed by atoms with Gasteiger partial charge in [0.05, 0.1) is 12.6 Å². The van der Waals surface area contributed by atoms with Crippen LogP contribution in [-0.2, 0) is 0 Å². The van der Waals surface area contributed by atoms with Crippen LogP contribution in [0, 0.1) is 0 Å². The predicted molar refractivity (Wildman–Crippen MR) is 77.1 cm³/mol. The van der Waals surface area contributed by atoms with E-state index < -0.39 is 0 Å². The van der Waals surface area contributed by atoms with Gasteiger partial charge in [-0.05, 0) is 31.0 Å². The third-order valence-electron chi connectivity index (χ3n) is 3.69. The molecule has 0 bridgehead atoms. The molecular formula is C14H15BrN2O2. The topological polar surface area (TPSA) is 56.3 Å². The molecule has 0 spiro atoms. The summed E-state index contributed by atoms with van der Waals surface area (Å²) in [6.07, 6.45) is 1.84. The van der Waals surface area contributed by atoms with E-state index in [-0.39, 0.29) is 18.6 Å². The first-order valence-corrected chi connectivity index (χ1v) is 7.19. The Hall–Kier alpha value is -1.33. The lowest BCUT2D eigenvalue weighted by atomic mass is 10.2. The highest BCUT2D eigenvalue weighted by Crippen LogP contribution is 2.26. The molecule has 1 aromatic heterocycles. The molecule has 2 heterocycles. The number of carbonyl (C=O) groups excluding carboxylic acids is 1. The number of amides is 1. The number of nitrogens with zero attached hydrogens (tertiary/aromatic N) is 1. The predicted octanol–water partition coefficient (Wildman–Crippen LogP) is 2.53. The van der Waals surface area contributed by atoms with E-state index in [9.17, 15) is 9.90 Å². The van der Waals surface area contributed by atoms with E-state index in [4.69, 9.17) is 0 Å². The lowest BCUT2D eigenvalue weighted by Gasteiger charge is -2.22. The van der Waals surface area contributed by atoms with Gasteiger partial charge in [-0.3, -0.25) is 4.79 Å². The van der Waals surface area contributed by atoms with Crippen LogP contribution >= 0.6 is 15.9 Å². The fourth-order valence-corrected chi connectivity index (χ4v) is 3.16. The first kappa shape index (κ1) is 12.7. The van der Waals surface area contributed by atoms with Crippen LogP contribution in [0.4, 0.5) is 0 Å². The molecule has 3 rings (SSSR count). The molecule has 1 aromatic carbocycles. The zero-order valence-corrected chi connectivity index (χ0v) is 12.0. The Morgan fingerprint density at radius 2 is 2.37 bits per heavy atom. The fraction of sp³-hybridized carbons (Fsp3) is 0.357. The zero-order chi connectivity index (χ0) is 13.4. The second kappa shape index (κ2) is 4.98. The third-order valence-corrected chi connectivity index (χ3v) is 4.38. The molecule has 19 heavy (non-hydrogen) atoms. The zero-order valence-electron chi connectivity index (χ0n) is 10.4. The highest BCUT2D eigenvalue weighted by atomic mass is 79.9. The molecule has 5 heteroatoms. The van der Waals surface area contributed by atoms with E-state index in [1.165, 1.54) is 0 Å². The molecule has 0 aliphatic carbocycles. The maximum atomic E-state index is 12.5. The molecule has 2 N–H and O–H groups in total. The first-order chi connectivity index (χ1) is 9.20. The van der Waals surface area contributed by atoms with Crippen molar-refractivity contribution >= 4 is 32.7 Å². The minimum atomic E-state index is -0.0395. The second-order valence-electron chi connectivity index (χ2n) is 4.86. The Labute approximate surface area is 119 Å². The Morgan fingerprint density at radius 1 is 1.53 bits per heavy atom. The van der Waals surface area contributed by atoms with Crippen LogP contribution in [0.2, 0.25) is 0 Å². The van der Waals surface area contributed by atoms with E-state index in [2.05, 4.69) is 20.9 Å². The number of aromatic nitrogens is 1. The van der Waals surface area contributed by atoms with Gasteiger partial charge in [-0.1, -0.05) is 22.0 Å². The number of carbonyl (C=O) groups is 1. The van der Waals surface area contributed by atoms with Crippen LogP contribution in [0.5, 0.6) is 0 Å². The third kappa shape index (κ3) is 2.17. The summed E-state index contributed by atoms with van der Waals surface area (Å²) >= 11 is 3.48. The Morgan fingerprint density at radius 3 is 3.11 bits per heavy atom. The number of nitrogens with one attached hydrogen (secondary N) is 1. The van der Waals surface area contributed by atoms with Crippen molar-refractivity contribution < 1.29 is 9.90 Å². The number of halogens is 1. The number of aromatic amines is 1. The Balaban J connectivity index is 1.95. The van der Waals surface area contributed by atoms with E-state index in [0.29, 0.717) is 5.69 Å². The van der Waals surface area contributed by atoms with Gasteiger partial charge in [0.2, 0.25) is 0 Å². The summed E-state index contributed by atoms with van der Waals surface area (Å²) < 4.78 is 0.973. The molecule has 1 fully saturated rings. The molecule has 0 unspecified atom stereocenters. The van der Waals surface area contributed by atoms with Crippen LogP contribution in [0.1, 0.15) is 23.3 Å². The van der Waals surface area contributed by atoms with Crippen LogP contribution in [0.3, 0.4) is 0 Å². The molecular weight excluding hydrogens is 308 g/mol. The number of likely N-dealkylation sites (tertiary alicyclic amines) is 1. The number of aliphatic hydroxyl groups is 1. The van der Waals surface area contributed by atoms with Gasteiger partial charge >= 0.3 is 0 Å². The van der Waals surface area contributed by atoms with Crippen LogP contribution in [-0.4, -0.2) is 40.1 Å². The van der Waals surface area contributed by atoms with Crippen molar-refractivity contribution in [2.45, 2.75) is 18.9 Å². The maximum absolute atomic E-state index is 12.5. The van der Waals surface area contributed by atoms with Crippen LogP contribution < -0.4 is 0 Å². The quantitative estimate of drug-likeness (QED) is 0.892. The van der Waals surface area contributed by atoms with E-state index in [1.807, 2.05) is 24.3 Å². The summed E-state index contributed by atoms with van der Waals surface area (Å²) in [6.45, 7) is 0.760. The number of rotatable bonds is 2. The number of hydrogen-bond donors (Lipinski definition) is 2. The summed E-state index contributed by atoms with van der Waals surface area (Å²) in [5.74, 6) is -0.0281. The van der Waals surface area contributed by atoms with Gasteiger partial charge in [-0.15, -0.1) is 0 Å². The average molecular weight is 323 g/mol. The summed E-state index contributed by atoms with van der Waals surface area (Å²) in [7, 11) is 0. The van der Waals surface area contributed by atoms with Crippen molar-refractivity contribution in [3.05, 3.63) is 34.4 Å². The van der Waals surface area contributed by atoms with Gasteiger partial charge in [-0.25, -0.2) is 0 Å². The van der Waals surface area contributed by atoms with Gasteiger partial charge in [0, 0.05) is 21.9 Å². The van der Waals surface area contributed by atoms with E-state index in [0.717, 1.165) is 34.8 Å². The number of fused-ring (bicyclic) bond motifs is 1. The smallest absolute Gasteiger partial charge is 0.270 e. The molecule has 100 valence electrons. The van der Waals surface area contributed by atoms with Gasteiger partial charge in [0.25, 0.3) is 5.91 Å². The molecule has 1 amide bonds. The average Bonchev–Trinajstić information content (AvgIpc) is 3.04. The molecule has 0 saturated carbocycles. The van der Waals surface area contributed by atoms with Crippen molar-refractivity contribution in [3.63, 3.8) is 0 Å². The van der Waals surface area contributed by atoms with Crippen molar-refractivity contribution in [1.29, 1.82) is 0 Å². The molecule has 4 nitrogen and oxygen atoms in total. The van der Waals surface area contributed by atoms with Gasteiger partial charge in [0.15, 0.2) is 0 Å². The van der Waals surface area contributed by atoms with Crippen molar-refractivity contribution in [2.75, 3.05) is 13.2 Å². The van der Waals surface area contributed by atoms with Crippen molar-refractivity contribution in [3.8, 4) is 0 Å². The summed E-state index contributed by atoms with van der Waals surface area (Å²) in [6, 6.07) is 7.67.